The third kappa shape index (κ3) is 5.33. The highest BCUT2D eigenvalue weighted by Gasteiger charge is 2.24. The van der Waals surface area contributed by atoms with Gasteiger partial charge in [0.2, 0.25) is 5.91 Å². The molecule has 1 unspecified atom stereocenters. The van der Waals surface area contributed by atoms with Gasteiger partial charge < -0.3 is 11.1 Å². The molecule has 0 aliphatic rings. The Morgan fingerprint density at radius 3 is 2.65 bits per heavy atom. The van der Waals surface area contributed by atoms with Crippen LogP contribution in [0.25, 0.3) is 0 Å². The summed E-state index contributed by atoms with van der Waals surface area (Å²) in [5.41, 5.74) is 7.89. The number of carbonyl (C=O) groups is 1. The van der Waals surface area contributed by atoms with E-state index < -0.39 is 0 Å². The summed E-state index contributed by atoms with van der Waals surface area (Å²) in [7, 11) is 0. The number of hydrogen-bond acceptors (Lipinski definition) is 3. The summed E-state index contributed by atoms with van der Waals surface area (Å²) < 4.78 is 0. The summed E-state index contributed by atoms with van der Waals surface area (Å²) in [5, 5.41) is 9.75. The fourth-order valence-corrected chi connectivity index (χ4v) is 2.35. The molecule has 0 saturated carbocycles. The molecule has 1 heterocycles. The van der Waals surface area contributed by atoms with Gasteiger partial charge in [-0.15, -0.1) is 0 Å². The van der Waals surface area contributed by atoms with Crippen molar-refractivity contribution in [1.82, 2.24) is 15.5 Å². The number of nitrogens with two attached hydrogens (primary N) is 1. The summed E-state index contributed by atoms with van der Waals surface area (Å²) in [5.74, 6) is 0.575. The lowest BCUT2D eigenvalue weighted by atomic mass is 9.76. The number of aryl methyl sites for hydroxylation is 1. The SMILES string of the molecule is Cc1[nH]ncc1CNC(=O)CCC(CCN)C(C)(C)C. The molecular formula is C15H28N4O. The first-order valence-corrected chi connectivity index (χ1v) is 7.30. The molecule has 114 valence electrons. The molecule has 0 saturated heterocycles. The van der Waals surface area contributed by atoms with Crippen LogP contribution in [0.1, 0.15) is 51.3 Å². The smallest absolute Gasteiger partial charge is 0.220 e. The lowest BCUT2D eigenvalue weighted by molar-refractivity contribution is -0.121. The summed E-state index contributed by atoms with van der Waals surface area (Å²) in [6, 6.07) is 0. The number of rotatable bonds is 7. The van der Waals surface area contributed by atoms with E-state index in [-0.39, 0.29) is 11.3 Å². The van der Waals surface area contributed by atoms with E-state index in [9.17, 15) is 4.79 Å². The third-order valence-corrected chi connectivity index (χ3v) is 3.87. The molecule has 1 amide bonds. The maximum atomic E-state index is 11.9. The van der Waals surface area contributed by atoms with E-state index in [1.54, 1.807) is 6.20 Å². The second-order valence-corrected chi connectivity index (χ2v) is 6.48. The van der Waals surface area contributed by atoms with Crippen LogP contribution in [0.15, 0.2) is 6.20 Å². The van der Waals surface area contributed by atoms with Crippen LogP contribution in [0, 0.1) is 18.3 Å². The van der Waals surface area contributed by atoms with Gasteiger partial charge >= 0.3 is 0 Å². The average molecular weight is 280 g/mol. The standard InChI is InChI=1S/C15H28N4O/c1-11-12(10-18-19-11)9-17-14(20)6-5-13(7-8-16)15(2,3)4/h10,13H,5-9,16H2,1-4H3,(H,17,20)(H,18,19). The molecular weight excluding hydrogens is 252 g/mol. The third-order valence-electron chi connectivity index (χ3n) is 3.87. The highest BCUT2D eigenvalue weighted by molar-refractivity contribution is 5.75. The van der Waals surface area contributed by atoms with Gasteiger partial charge in [-0.3, -0.25) is 9.89 Å². The van der Waals surface area contributed by atoms with Gasteiger partial charge in [0, 0.05) is 24.2 Å². The van der Waals surface area contributed by atoms with Crippen molar-refractivity contribution in [3.05, 3.63) is 17.5 Å². The van der Waals surface area contributed by atoms with E-state index in [0.29, 0.717) is 25.4 Å². The van der Waals surface area contributed by atoms with Gasteiger partial charge in [-0.1, -0.05) is 20.8 Å². The normalized spacial score (nSPS) is 13.2. The molecule has 1 rings (SSSR count). The van der Waals surface area contributed by atoms with Crippen LogP contribution in [0.2, 0.25) is 0 Å². The van der Waals surface area contributed by atoms with Crippen molar-refractivity contribution in [2.75, 3.05) is 6.54 Å². The fourth-order valence-electron chi connectivity index (χ4n) is 2.35. The van der Waals surface area contributed by atoms with Gasteiger partial charge in [0.05, 0.1) is 6.20 Å². The van der Waals surface area contributed by atoms with E-state index in [0.717, 1.165) is 24.1 Å². The van der Waals surface area contributed by atoms with Gasteiger partial charge in [-0.05, 0) is 37.6 Å². The van der Waals surface area contributed by atoms with E-state index in [2.05, 4.69) is 36.3 Å². The zero-order valence-electron chi connectivity index (χ0n) is 13.1. The van der Waals surface area contributed by atoms with Crippen molar-refractivity contribution >= 4 is 5.91 Å². The van der Waals surface area contributed by atoms with Gasteiger partial charge in [0.1, 0.15) is 0 Å². The second kappa shape index (κ2) is 7.43. The number of amides is 1. The Balaban J connectivity index is 2.36. The number of H-pyrrole nitrogens is 1. The Hall–Kier alpha value is -1.36. The first-order valence-electron chi connectivity index (χ1n) is 7.30. The van der Waals surface area contributed by atoms with E-state index >= 15 is 0 Å². The molecule has 0 bridgehead atoms. The highest BCUT2D eigenvalue weighted by atomic mass is 16.1. The van der Waals surface area contributed by atoms with Crippen LogP contribution in [-0.2, 0) is 11.3 Å². The van der Waals surface area contributed by atoms with Crippen molar-refractivity contribution in [2.24, 2.45) is 17.1 Å². The second-order valence-electron chi connectivity index (χ2n) is 6.48. The van der Waals surface area contributed by atoms with Crippen LogP contribution in [0.4, 0.5) is 0 Å². The molecule has 1 atom stereocenters. The Morgan fingerprint density at radius 2 is 2.15 bits per heavy atom. The van der Waals surface area contributed by atoms with Crippen LogP contribution in [0.3, 0.4) is 0 Å². The first-order chi connectivity index (χ1) is 9.34. The average Bonchev–Trinajstić information content (AvgIpc) is 2.76. The number of aromatic amines is 1. The molecule has 4 N–H and O–H groups in total. The highest BCUT2D eigenvalue weighted by Crippen LogP contribution is 2.31. The molecule has 0 radical (unpaired) electrons. The van der Waals surface area contributed by atoms with E-state index in [1.165, 1.54) is 0 Å². The van der Waals surface area contributed by atoms with Crippen molar-refractivity contribution in [2.45, 2.75) is 53.5 Å². The molecule has 0 fully saturated rings. The number of carbonyl (C=O) groups excluding carboxylic acids is 1. The topological polar surface area (TPSA) is 83.8 Å². The molecule has 1 aromatic rings. The zero-order chi connectivity index (χ0) is 15.2. The van der Waals surface area contributed by atoms with E-state index in [1.807, 2.05) is 6.92 Å². The number of nitrogens with zero attached hydrogens (tertiary/aromatic N) is 1. The minimum Gasteiger partial charge on any atom is -0.352 e. The molecule has 20 heavy (non-hydrogen) atoms. The number of hydrogen-bond donors (Lipinski definition) is 3. The predicted octanol–water partition coefficient (Wildman–Crippen LogP) is 2.13. The summed E-state index contributed by atoms with van der Waals surface area (Å²) in [4.78, 5) is 11.9. The summed E-state index contributed by atoms with van der Waals surface area (Å²) >= 11 is 0. The van der Waals surface area contributed by atoms with Crippen LogP contribution < -0.4 is 11.1 Å². The largest absolute Gasteiger partial charge is 0.352 e. The van der Waals surface area contributed by atoms with Crippen molar-refractivity contribution < 1.29 is 4.79 Å². The van der Waals surface area contributed by atoms with Gasteiger partial charge in [-0.25, -0.2) is 0 Å². The predicted molar refractivity (Wildman–Crippen MR) is 81.0 cm³/mol. The lowest BCUT2D eigenvalue weighted by Gasteiger charge is -2.30. The number of nitrogens with one attached hydrogen (secondary N) is 2. The summed E-state index contributed by atoms with van der Waals surface area (Å²) in [6.45, 7) is 9.79. The Bertz CT molecular complexity index is 420. The molecule has 0 aliphatic heterocycles. The quantitative estimate of drug-likeness (QED) is 0.715. The Kier molecular flexibility index (Phi) is 6.20. The monoisotopic (exact) mass is 280 g/mol. The molecule has 1 aromatic heterocycles. The van der Waals surface area contributed by atoms with E-state index in [4.69, 9.17) is 5.73 Å². The first kappa shape index (κ1) is 16.7. The molecule has 5 heteroatoms. The van der Waals surface area contributed by atoms with Gasteiger partial charge in [0.25, 0.3) is 0 Å². The van der Waals surface area contributed by atoms with Crippen LogP contribution in [-0.4, -0.2) is 22.6 Å². The minimum atomic E-state index is 0.0943. The lowest BCUT2D eigenvalue weighted by Crippen LogP contribution is -2.27. The Morgan fingerprint density at radius 1 is 1.45 bits per heavy atom. The Labute approximate surface area is 121 Å². The van der Waals surface area contributed by atoms with Crippen LogP contribution >= 0.6 is 0 Å². The minimum absolute atomic E-state index is 0.0943. The molecule has 0 spiro atoms. The molecule has 0 aliphatic carbocycles. The summed E-state index contributed by atoms with van der Waals surface area (Å²) in [6.07, 6.45) is 4.16. The molecule has 5 nitrogen and oxygen atoms in total. The maximum Gasteiger partial charge on any atom is 0.220 e. The van der Waals surface area contributed by atoms with Crippen molar-refractivity contribution in [3.8, 4) is 0 Å². The van der Waals surface area contributed by atoms with Gasteiger partial charge in [-0.2, -0.15) is 5.10 Å². The van der Waals surface area contributed by atoms with Crippen molar-refractivity contribution in [1.29, 1.82) is 0 Å². The van der Waals surface area contributed by atoms with Crippen molar-refractivity contribution in [3.63, 3.8) is 0 Å². The van der Waals surface area contributed by atoms with Crippen LogP contribution in [0.5, 0.6) is 0 Å². The molecule has 0 aromatic carbocycles. The maximum absolute atomic E-state index is 11.9. The zero-order valence-corrected chi connectivity index (χ0v) is 13.1. The van der Waals surface area contributed by atoms with Gasteiger partial charge in [0.15, 0.2) is 0 Å². The fraction of sp³-hybridized carbons (Fsp3) is 0.733. The number of aromatic nitrogens is 2.